The van der Waals surface area contributed by atoms with Crippen LogP contribution < -0.4 is 14.2 Å². The Morgan fingerprint density at radius 1 is 1.13 bits per heavy atom. The first-order valence-electron chi connectivity index (χ1n) is 9.88. The number of aliphatic hydroxyl groups excluding tert-OH is 1. The minimum atomic E-state index is -0.713. The number of carbonyl (C=O) groups excluding carboxylic acids is 2. The highest BCUT2D eigenvalue weighted by Gasteiger charge is 2.46. The van der Waals surface area contributed by atoms with Crippen LogP contribution in [-0.2, 0) is 9.59 Å². The molecule has 2 heterocycles. The number of ether oxygens (including phenoxy) is 3. The SMILES string of the molecule is COc1ccc(C2C(=C(O)c3ccc4c(c3)OCO4)C(=O)C(=O)N2CCN(C)C)cc1. The molecule has 2 aromatic carbocycles. The average Bonchev–Trinajstić information content (AvgIpc) is 3.34. The third-order valence-electron chi connectivity index (χ3n) is 5.41. The second kappa shape index (κ2) is 8.31. The van der Waals surface area contributed by atoms with E-state index in [1.807, 2.05) is 19.0 Å². The number of Topliss-reactive ketones (excluding diaryl/α,β-unsaturated/α-hetero) is 1. The lowest BCUT2D eigenvalue weighted by molar-refractivity contribution is -0.140. The molecule has 0 saturated carbocycles. The molecule has 2 aliphatic rings. The Kier molecular flexibility index (Phi) is 5.56. The highest BCUT2D eigenvalue weighted by atomic mass is 16.7. The van der Waals surface area contributed by atoms with Crippen LogP contribution in [0.3, 0.4) is 0 Å². The van der Waals surface area contributed by atoms with E-state index in [-0.39, 0.29) is 18.1 Å². The molecule has 1 saturated heterocycles. The maximum absolute atomic E-state index is 13.0. The molecule has 1 unspecified atom stereocenters. The first kappa shape index (κ1) is 20.7. The number of rotatable bonds is 6. The summed E-state index contributed by atoms with van der Waals surface area (Å²) in [5, 5.41) is 11.1. The molecular formula is C23H24N2O6. The van der Waals surface area contributed by atoms with Gasteiger partial charge in [-0.05, 0) is 50.0 Å². The van der Waals surface area contributed by atoms with E-state index in [4.69, 9.17) is 14.2 Å². The van der Waals surface area contributed by atoms with Gasteiger partial charge in [-0.1, -0.05) is 12.1 Å². The van der Waals surface area contributed by atoms with Crippen molar-refractivity contribution < 1.29 is 28.9 Å². The van der Waals surface area contributed by atoms with Gasteiger partial charge in [-0.25, -0.2) is 0 Å². The second-order valence-corrected chi connectivity index (χ2v) is 7.64. The summed E-state index contributed by atoms with van der Waals surface area (Å²) >= 11 is 0. The lowest BCUT2D eigenvalue weighted by atomic mass is 9.95. The Balaban J connectivity index is 1.81. The van der Waals surface area contributed by atoms with Gasteiger partial charge in [0.2, 0.25) is 6.79 Å². The molecule has 162 valence electrons. The zero-order chi connectivity index (χ0) is 22.1. The van der Waals surface area contributed by atoms with E-state index in [2.05, 4.69) is 0 Å². The Bertz CT molecular complexity index is 1040. The average molecular weight is 424 g/mol. The predicted molar refractivity (Wildman–Crippen MR) is 113 cm³/mol. The summed E-state index contributed by atoms with van der Waals surface area (Å²) < 4.78 is 15.9. The molecule has 8 nitrogen and oxygen atoms in total. The number of nitrogens with zero attached hydrogens (tertiary/aromatic N) is 2. The van der Waals surface area contributed by atoms with Crippen molar-refractivity contribution in [1.29, 1.82) is 0 Å². The van der Waals surface area contributed by atoms with Crippen LogP contribution in [0.5, 0.6) is 17.2 Å². The number of ketones is 1. The van der Waals surface area contributed by atoms with Crippen molar-refractivity contribution in [2.24, 2.45) is 0 Å². The molecule has 1 N–H and O–H groups in total. The Morgan fingerprint density at radius 2 is 1.84 bits per heavy atom. The Hall–Kier alpha value is -3.52. The van der Waals surface area contributed by atoms with E-state index in [1.54, 1.807) is 49.6 Å². The van der Waals surface area contributed by atoms with Crippen LogP contribution in [0.2, 0.25) is 0 Å². The molecule has 0 aliphatic carbocycles. The van der Waals surface area contributed by atoms with Gasteiger partial charge < -0.3 is 29.1 Å². The third-order valence-corrected chi connectivity index (χ3v) is 5.41. The molecule has 1 atom stereocenters. The van der Waals surface area contributed by atoms with E-state index >= 15 is 0 Å². The van der Waals surface area contributed by atoms with E-state index < -0.39 is 17.7 Å². The molecule has 2 aromatic rings. The number of carbonyl (C=O) groups is 2. The summed E-state index contributed by atoms with van der Waals surface area (Å²) in [5.41, 5.74) is 1.14. The number of likely N-dealkylation sites (tertiary alicyclic amines) is 1. The number of aliphatic hydroxyl groups is 1. The van der Waals surface area contributed by atoms with E-state index in [9.17, 15) is 14.7 Å². The minimum absolute atomic E-state index is 0.0489. The second-order valence-electron chi connectivity index (χ2n) is 7.64. The van der Waals surface area contributed by atoms with E-state index in [0.29, 0.717) is 41.5 Å². The van der Waals surface area contributed by atoms with Crippen LogP contribution in [0.25, 0.3) is 5.76 Å². The van der Waals surface area contributed by atoms with Crippen LogP contribution >= 0.6 is 0 Å². The molecule has 0 spiro atoms. The normalized spacial score (nSPS) is 19.4. The van der Waals surface area contributed by atoms with Gasteiger partial charge in [0.15, 0.2) is 11.5 Å². The van der Waals surface area contributed by atoms with Gasteiger partial charge >= 0.3 is 0 Å². The Morgan fingerprint density at radius 3 is 2.52 bits per heavy atom. The van der Waals surface area contributed by atoms with Crippen molar-refractivity contribution in [3.63, 3.8) is 0 Å². The number of benzene rings is 2. The first-order valence-corrected chi connectivity index (χ1v) is 9.88. The number of methoxy groups -OCH3 is 1. The molecule has 0 radical (unpaired) electrons. The fourth-order valence-electron chi connectivity index (χ4n) is 3.75. The predicted octanol–water partition coefficient (Wildman–Crippen LogP) is 2.41. The summed E-state index contributed by atoms with van der Waals surface area (Å²) in [7, 11) is 5.36. The standard InChI is InChI=1S/C23H24N2O6/c1-24(2)10-11-25-20(14-4-7-16(29-3)8-5-14)19(22(27)23(25)28)21(26)15-6-9-17-18(12-15)31-13-30-17/h4-9,12,20,26H,10-11,13H2,1-3H3. The molecule has 0 bridgehead atoms. The maximum atomic E-state index is 13.0. The fourth-order valence-corrected chi connectivity index (χ4v) is 3.75. The van der Waals surface area contributed by atoms with Gasteiger partial charge in [-0.3, -0.25) is 9.59 Å². The highest BCUT2D eigenvalue weighted by Crippen LogP contribution is 2.41. The van der Waals surface area contributed by atoms with Crippen LogP contribution in [0.1, 0.15) is 17.2 Å². The maximum Gasteiger partial charge on any atom is 0.295 e. The van der Waals surface area contributed by atoms with Crippen molar-refractivity contribution in [3.05, 3.63) is 59.2 Å². The largest absolute Gasteiger partial charge is 0.507 e. The summed E-state index contributed by atoms with van der Waals surface area (Å²) in [4.78, 5) is 29.3. The molecule has 0 aromatic heterocycles. The van der Waals surface area contributed by atoms with Crippen molar-refractivity contribution in [1.82, 2.24) is 9.80 Å². The van der Waals surface area contributed by atoms with Gasteiger partial charge in [-0.2, -0.15) is 0 Å². The summed E-state index contributed by atoms with van der Waals surface area (Å²) in [6.45, 7) is 1.01. The quantitative estimate of drug-likeness (QED) is 0.433. The smallest absolute Gasteiger partial charge is 0.295 e. The van der Waals surface area contributed by atoms with Crippen LogP contribution in [-0.4, -0.2) is 67.7 Å². The Labute approximate surface area is 180 Å². The third kappa shape index (κ3) is 3.82. The topological polar surface area (TPSA) is 88.5 Å². The van der Waals surface area contributed by atoms with Gasteiger partial charge in [-0.15, -0.1) is 0 Å². The molecule has 31 heavy (non-hydrogen) atoms. The molecule has 4 rings (SSSR count). The van der Waals surface area contributed by atoms with E-state index in [1.165, 1.54) is 4.90 Å². The molecule has 2 aliphatic heterocycles. The number of likely N-dealkylation sites (N-methyl/N-ethyl adjacent to an activating group) is 1. The molecule has 1 fully saturated rings. The molecule has 1 amide bonds. The first-order chi connectivity index (χ1) is 14.9. The lowest BCUT2D eigenvalue weighted by Gasteiger charge is -2.26. The highest BCUT2D eigenvalue weighted by molar-refractivity contribution is 6.46. The van der Waals surface area contributed by atoms with Crippen molar-refractivity contribution in [2.45, 2.75) is 6.04 Å². The van der Waals surface area contributed by atoms with Crippen molar-refractivity contribution >= 4 is 17.4 Å². The monoisotopic (exact) mass is 424 g/mol. The fraction of sp³-hybridized carbons (Fsp3) is 0.304. The number of fused-ring (bicyclic) bond motifs is 1. The molecule has 8 heteroatoms. The minimum Gasteiger partial charge on any atom is -0.507 e. The number of hydrogen-bond donors (Lipinski definition) is 1. The zero-order valence-corrected chi connectivity index (χ0v) is 17.6. The van der Waals surface area contributed by atoms with Crippen LogP contribution in [0, 0.1) is 0 Å². The van der Waals surface area contributed by atoms with Gasteiger partial charge in [0.1, 0.15) is 11.5 Å². The molecular weight excluding hydrogens is 400 g/mol. The van der Waals surface area contributed by atoms with Crippen molar-refractivity contribution in [3.8, 4) is 17.2 Å². The number of amides is 1. The van der Waals surface area contributed by atoms with Crippen molar-refractivity contribution in [2.75, 3.05) is 41.1 Å². The number of hydrogen-bond acceptors (Lipinski definition) is 7. The summed E-state index contributed by atoms with van der Waals surface area (Å²) in [6.07, 6.45) is 0. The van der Waals surface area contributed by atoms with Crippen LogP contribution in [0.4, 0.5) is 0 Å². The summed E-state index contributed by atoms with van der Waals surface area (Å²) in [5.74, 6) is 0.107. The lowest BCUT2D eigenvalue weighted by Crippen LogP contribution is -2.35. The van der Waals surface area contributed by atoms with E-state index in [0.717, 1.165) is 0 Å². The van der Waals surface area contributed by atoms with Gasteiger partial charge in [0.25, 0.3) is 11.7 Å². The van der Waals surface area contributed by atoms with Crippen LogP contribution in [0.15, 0.2) is 48.0 Å². The summed E-state index contributed by atoms with van der Waals surface area (Å²) in [6, 6.07) is 11.3. The zero-order valence-electron chi connectivity index (χ0n) is 17.6. The van der Waals surface area contributed by atoms with Gasteiger partial charge in [0, 0.05) is 18.7 Å². The van der Waals surface area contributed by atoms with Gasteiger partial charge in [0.05, 0.1) is 18.7 Å².